The third-order valence-electron chi connectivity index (χ3n) is 6.31. The van der Waals surface area contributed by atoms with Crippen molar-refractivity contribution in [1.82, 2.24) is 19.5 Å². The Bertz CT molecular complexity index is 1590. The number of rotatable bonds is 9. The quantitative estimate of drug-likeness (QED) is 0.308. The van der Waals surface area contributed by atoms with Gasteiger partial charge >= 0.3 is 0 Å². The van der Waals surface area contributed by atoms with Crippen LogP contribution in [0.4, 0.5) is 8.78 Å². The van der Waals surface area contributed by atoms with E-state index >= 15 is 0 Å². The molecule has 0 atom stereocenters. The molecule has 1 N–H and O–H groups in total. The van der Waals surface area contributed by atoms with Crippen molar-refractivity contribution in [2.75, 3.05) is 0 Å². The number of benzene rings is 2. The summed E-state index contributed by atoms with van der Waals surface area (Å²) in [5.41, 5.74) is 3.66. The largest absolute Gasteiger partial charge is 0.358 e. The number of Topliss-reactive ketones (excluding diaryl/α,β-unsaturated/α-hetero) is 1. The Hall–Kier alpha value is -4.46. The van der Waals surface area contributed by atoms with Gasteiger partial charge in [0.25, 0.3) is 5.56 Å². The molecule has 0 radical (unpaired) electrons. The molecule has 0 saturated heterocycles. The van der Waals surface area contributed by atoms with Gasteiger partial charge in [0.1, 0.15) is 5.69 Å². The summed E-state index contributed by atoms with van der Waals surface area (Å²) in [7, 11) is 0. The minimum atomic E-state index is -0.931. The number of aromatic nitrogens is 4. The summed E-state index contributed by atoms with van der Waals surface area (Å²) < 4.78 is 28.3. The number of pyridine rings is 1. The molecule has 5 aromatic rings. The summed E-state index contributed by atoms with van der Waals surface area (Å²) in [6.45, 7) is -0.0917. The number of nitrogens with one attached hydrogen (secondary N) is 1. The van der Waals surface area contributed by atoms with Gasteiger partial charge < -0.3 is 4.98 Å². The molecular weight excluding hydrogens is 474 g/mol. The van der Waals surface area contributed by atoms with E-state index in [-0.39, 0.29) is 36.4 Å². The van der Waals surface area contributed by atoms with E-state index < -0.39 is 11.6 Å². The monoisotopic (exact) mass is 498 g/mol. The predicted molar refractivity (Wildman–Crippen MR) is 137 cm³/mol. The van der Waals surface area contributed by atoms with Crippen molar-refractivity contribution in [3.05, 3.63) is 118 Å². The molecule has 0 saturated carbocycles. The molecular formula is C29H24F2N4O2. The summed E-state index contributed by atoms with van der Waals surface area (Å²) in [6, 6.07) is 16.8. The lowest BCUT2D eigenvalue weighted by molar-refractivity contribution is -0.119. The van der Waals surface area contributed by atoms with Crippen LogP contribution in [-0.2, 0) is 30.6 Å². The Morgan fingerprint density at radius 3 is 2.54 bits per heavy atom. The summed E-state index contributed by atoms with van der Waals surface area (Å²) in [5.74, 6) is -1.94. The summed E-state index contributed by atoms with van der Waals surface area (Å²) in [6.07, 6.45) is 6.38. The Morgan fingerprint density at radius 1 is 0.919 bits per heavy atom. The van der Waals surface area contributed by atoms with Crippen LogP contribution in [0.1, 0.15) is 23.4 Å². The summed E-state index contributed by atoms with van der Waals surface area (Å²) in [4.78, 5) is 38.2. The molecule has 2 aromatic carbocycles. The van der Waals surface area contributed by atoms with Crippen molar-refractivity contribution in [2.45, 2.75) is 32.2 Å². The van der Waals surface area contributed by atoms with Crippen molar-refractivity contribution in [3.63, 3.8) is 0 Å². The predicted octanol–water partition coefficient (Wildman–Crippen LogP) is 5.05. The van der Waals surface area contributed by atoms with Crippen LogP contribution in [0.15, 0.2) is 84.0 Å². The van der Waals surface area contributed by atoms with Gasteiger partial charge in [0.2, 0.25) is 0 Å². The summed E-state index contributed by atoms with van der Waals surface area (Å²) >= 11 is 0. The van der Waals surface area contributed by atoms with Crippen molar-refractivity contribution < 1.29 is 13.6 Å². The van der Waals surface area contributed by atoms with Gasteiger partial charge in [-0.05, 0) is 54.7 Å². The van der Waals surface area contributed by atoms with E-state index in [1.54, 1.807) is 18.6 Å². The van der Waals surface area contributed by atoms with Crippen LogP contribution in [0.3, 0.4) is 0 Å². The molecule has 6 nitrogen and oxygen atoms in total. The molecule has 0 bridgehead atoms. The van der Waals surface area contributed by atoms with E-state index in [0.717, 1.165) is 34.3 Å². The summed E-state index contributed by atoms with van der Waals surface area (Å²) in [5, 5.41) is 0.979. The molecule has 0 aliphatic carbocycles. The number of aromatic amines is 1. The Labute approximate surface area is 211 Å². The molecule has 3 aromatic heterocycles. The first kappa shape index (κ1) is 24.2. The van der Waals surface area contributed by atoms with Gasteiger partial charge in [0.15, 0.2) is 17.4 Å². The zero-order valence-electron chi connectivity index (χ0n) is 20.0. The minimum Gasteiger partial charge on any atom is -0.358 e. The lowest BCUT2D eigenvalue weighted by Crippen LogP contribution is -2.30. The lowest BCUT2D eigenvalue weighted by atomic mass is 10.1. The van der Waals surface area contributed by atoms with Crippen LogP contribution in [-0.4, -0.2) is 25.3 Å². The zero-order valence-corrected chi connectivity index (χ0v) is 20.0. The lowest BCUT2D eigenvalue weighted by Gasteiger charge is -2.14. The standard InChI is InChI=1S/C29H24F2N4O2/c30-24-10-6-19(14-25(24)31)7-11-27-29(37)35(28(17-33-27)20-4-2-1-3-5-20)18-23(36)9-8-22-15-21-16-32-13-12-26(21)34-22/h1-6,10,12-17,34H,7-9,11,18H2. The van der Waals surface area contributed by atoms with Gasteiger partial charge in [-0.25, -0.2) is 8.78 Å². The third kappa shape index (κ3) is 5.53. The van der Waals surface area contributed by atoms with Crippen molar-refractivity contribution in [3.8, 4) is 11.3 Å². The van der Waals surface area contributed by atoms with Gasteiger partial charge in [-0.1, -0.05) is 36.4 Å². The van der Waals surface area contributed by atoms with Gasteiger partial charge in [-0.3, -0.25) is 24.1 Å². The fourth-order valence-corrected chi connectivity index (χ4v) is 4.35. The maximum absolute atomic E-state index is 13.6. The zero-order chi connectivity index (χ0) is 25.8. The van der Waals surface area contributed by atoms with E-state index in [2.05, 4.69) is 15.0 Å². The van der Waals surface area contributed by atoms with Crippen LogP contribution < -0.4 is 5.56 Å². The number of carbonyl (C=O) groups is 1. The van der Waals surface area contributed by atoms with Crippen LogP contribution in [0.2, 0.25) is 0 Å². The number of ketones is 1. The number of halogens is 2. The minimum absolute atomic E-state index is 0.0891. The Balaban J connectivity index is 1.37. The second kappa shape index (κ2) is 10.7. The fraction of sp³-hybridized carbons (Fsp3) is 0.172. The highest BCUT2D eigenvalue weighted by atomic mass is 19.2. The van der Waals surface area contributed by atoms with Crippen molar-refractivity contribution in [1.29, 1.82) is 0 Å². The van der Waals surface area contributed by atoms with Gasteiger partial charge in [0.05, 0.1) is 18.4 Å². The van der Waals surface area contributed by atoms with Crippen LogP contribution in [0.5, 0.6) is 0 Å². The topological polar surface area (TPSA) is 80.6 Å². The smallest absolute Gasteiger partial charge is 0.273 e. The molecule has 0 aliphatic rings. The Kier molecular flexibility index (Phi) is 6.98. The van der Waals surface area contributed by atoms with Gasteiger partial charge in [0, 0.05) is 35.4 Å². The maximum Gasteiger partial charge on any atom is 0.273 e. The van der Waals surface area contributed by atoms with E-state index in [0.29, 0.717) is 24.1 Å². The molecule has 186 valence electrons. The molecule has 8 heteroatoms. The molecule has 5 rings (SSSR count). The van der Waals surface area contributed by atoms with E-state index in [1.165, 1.54) is 10.6 Å². The van der Waals surface area contributed by atoms with E-state index in [1.807, 2.05) is 42.5 Å². The Morgan fingerprint density at radius 2 is 1.76 bits per heavy atom. The van der Waals surface area contributed by atoms with Crippen LogP contribution >= 0.6 is 0 Å². The van der Waals surface area contributed by atoms with Gasteiger partial charge in [-0.2, -0.15) is 0 Å². The number of fused-ring (bicyclic) bond motifs is 1. The third-order valence-corrected chi connectivity index (χ3v) is 6.31. The molecule has 0 spiro atoms. The number of hydrogen-bond donors (Lipinski definition) is 1. The molecule has 0 amide bonds. The van der Waals surface area contributed by atoms with Gasteiger partial charge in [-0.15, -0.1) is 0 Å². The van der Waals surface area contributed by atoms with E-state index in [4.69, 9.17) is 0 Å². The first-order chi connectivity index (χ1) is 18.0. The number of carbonyl (C=O) groups excluding carboxylic acids is 1. The highest BCUT2D eigenvalue weighted by Crippen LogP contribution is 2.19. The second-order valence-corrected chi connectivity index (χ2v) is 8.89. The van der Waals surface area contributed by atoms with Crippen LogP contribution in [0.25, 0.3) is 22.2 Å². The molecule has 3 heterocycles. The average Bonchev–Trinajstić information content (AvgIpc) is 3.33. The number of nitrogens with zero attached hydrogens (tertiary/aromatic N) is 3. The SMILES string of the molecule is O=C(CCc1cc2cnccc2[nH]1)Cn1c(-c2ccccc2)cnc(CCc2ccc(F)c(F)c2)c1=O. The van der Waals surface area contributed by atoms with Crippen LogP contribution in [0, 0.1) is 11.6 Å². The number of hydrogen-bond acceptors (Lipinski definition) is 4. The molecule has 37 heavy (non-hydrogen) atoms. The van der Waals surface area contributed by atoms with Crippen molar-refractivity contribution in [2.24, 2.45) is 0 Å². The normalized spacial score (nSPS) is 11.2. The van der Waals surface area contributed by atoms with E-state index in [9.17, 15) is 18.4 Å². The average molecular weight is 499 g/mol. The maximum atomic E-state index is 13.6. The highest BCUT2D eigenvalue weighted by molar-refractivity contribution is 5.81. The first-order valence-electron chi connectivity index (χ1n) is 12.0. The second-order valence-electron chi connectivity index (χ2n) is 8.89. The number of aryl methyl sites for hydroxylation is 3. The molecule has 0 fully saturated rings. The fourth-order valence-electron chi connectivity index (χ4n) is 4.35. The molecule has 0 aliphatic heterocycles. The highest BCUT2D eigenvalue weighted by Gasteiger charge is 2.16. The first-order valence-corrected chi connectivity index (χ1v) is 12.0. The number of H-pyrrole nitrogens is 1. The van der Waals surface area contributed by atoms with Crippen molar-refractivity contribution >= 4 is 16.7 Å². The molecule has 0 unspecified atom stereocenters.